The second kappa shape index (κ2) is 11.4. The van der Waals surface area contributed by atoms with E-state index in [1.165, 1.54) is 36.6 Å². The van der Waals surface area contributed by atoms with Gasteiger partial charge in [-0.15, -0.1) is 0 Å². The van der Waals surface area contributed by atoms with Gasteiger partial charge in [0.2, 0.25) is 5.91 Å². The molecule has 1 N–H and O–H groups in total. The summed E-state index contributed by atoms with van der Waals surface area (Å²) in [5, 5.41) is 3.08. The number of sulfonamides is 1. The molecule has 0 bridgehead atoms. The van der Waals surface area contributed by atoms with Crippen molar-refractivity contribution in [3.8, 4) is 0 Å². The van der Waals surface area contributed by atoms with Gasteiger partial charge in [0.15, 0.2) is 0 Å². The van der Waals surface area contributed by atoms with E-state index in [1.54, 1.807) is 30.3 Å². The number of rotatable bonds is 9. The summed E-state index contributed by atoms with van der Waals surface area (Å²) in [7, 11) is -4.06. The van der Waals surface area contributed by atoms with Gasteiger partial charge in [0.25, 0.3) is 10.0 Å². The van der Waals surface area contributed by atoms with Crippen LogP contribution in [0.5, 0.6) is 0 Å². The van der Waals surface area contributed by atoms with E-state index in [0.29, 0.717) is 0 Å². The highest BCUT2D eigenvalue weighted by atomic mass is 35.5. The Bertz CT molecular complexity index is 1260. The highest BCUT2D eigenvalue weighted by Gasteiger charge is 2.29. The van der Waals surface area contributed by atoms with Gasteiger partial charge < -0.3 is 5.32 Å². The Morgan fingerprint density at radius 2 is 1.54 bits per heavy atom. The van der Waals surface area contributed by atoms with Crippen molar-refractivity contribution in [1.29, 1.82) is 0 Å². The quantitative estimate of drug-likeness (QED) is 0.417. The van der Waals surface area contributed by atoms with Crippen molar-refractivity contribution in [1.82, 2.24) is 10.2 Å². The predicted octanol–water partition coefficient (Wildman–Crippen LogP) is 5.10. The van der Waals surface area contributed by atoms with Crippen LogP contribution in [-0.4, -0.2) is 38.9 Å². The van der Waals surface area contributed by atoms with Crippen molar-refractivity contribution in [2.45, 2.75) is 30.8 Å². The fraction of sp³-hybridized carbons (Fsp3) is 0.269. The van der Waals surface area contributed by atoms with Gasteiger partial charge in [-0.2, -0.15) is 0 Å². The maximum absolute atomic E-state index is 13.4. The highest BCUT2D eigenvalue weighted by Crippen LogP contribution is 2.35. The zero-order valence-corrected chi connectivity index (χ0v) is 21.5. The van der Waals surface area contributed by atoms with Crippen LogP contribution < -0.4 is 9.62 Å². The summed E-state index contributed by atoms with van der Waals surface area (Å²) >= 11 is 12.5. The smallest absolute Gasteiger partial charge is 0.264 e. The minimum Gasteiger partial charge on any atom is -0.350 e. The summed E-state index contributed by atoms with van der Waals surface area (Å²) in [6.07, 6.45) is 2.50. The molecule has 4 rings (SSSR count). The van der Waals surface area contributed by atoms with Crippen LogP contribution in [0.2, 0.25) is 10.0 Å². The van der Waals surface area contributed by atoms with E-state index in [4.69, 9.17) is 23.2 Å². The number of nitrogens with zero attached hydrogens (tertiary/aromatic N) is 2. The van der Waals surface area contributed by atoms with E-state index in [9.17, 15) is 13.2 Å². The lowest BCUT2D eigenvalue weighted by Gasteiger charge is -2.25. The number of carbonyl (C=O) groups is 1. The number of nitrogens with one attached hydrogen (secondary N) is 1. The molecule has 35 heavy (non-hydrogen) atoms. The molecule has 9 heteroatoms. The summed E-state index contributed by atoms with van der Waals surface area (Å²) in [5.41, 5.74) is 2.31. The molecule has 1 aliphatic rings. The normalized spacial score (nSPS) is 14.1. The number of carbonyl (C=O) groups excluding carboxylic acids is 1. The second-order valence-corrected chi connectivity index (χ2v) is 11.1. The van der Waals surface area contributed by atoms with Crippen LogP contribution in [0.4, 0.5) is 5.69 Å². The molecule has 0 radical (unpaired) electrons. The maximum atomic E-state index is 13.4. The number of hydrogen-bond acceptors (Lipinski definition) is 4. The zero-order chi connectivity index (χ0) is 24.8. The minimum absolute atomic E-state index is 0.0532. The van der Waals surface area contributed by atoms with E-state index < -0.39 is 22.5 Å². The highest BCUT2D eigenvalue weighted by molar-refractivity contribution is 7.92. The molecule has 3 aromatic rings. The molecule has 0 atom stereocenters. The number of hydrogen-bond donors (Lipinski definition) is 1. The van der Waals surface area contributed by atoms with Gasteiger partial charge in [-0.1, -0.05) is 71.7 Å². The van der Waals surface area contributed by atoms with E-state index >= 15 is 0 Å². The number of halogens is 2. The number of likely N-dealkylation sites (tertiary alicyclic amines) is 1. The van der Waals surface area contributed by atoms with Crippen LogP contribution in [0, 0.1) is 0 Å². The van der Waals surface area contributed by atoms with E-state index in [2.05, 4.69) is 22.3 Å². The van der Waals surface area contributed by atoms with E-state index in [0.717, 1.165) is 29.5 Å². The molecule has 3 aromatic carbocycles. The summed E-state index contributed by atoms with van der Waals surface area (Å²) in [6, 6.07) is 20.7. The maximum Gasteiger partial charge on any atom is 0.264 e. The molecule has 1 fully saturated rings. The average Bonchev–Trinajstić information content (AvgIpc) is 3.37. The predicted molar refractivity (Wildman–Crippen MR) is 140 cm³/mol. The van der Waals surface area contributed by atoms with Gasteiger partial charge in [0.05, 0.1) is 20.6 Å². The zero-order valence-electron chi connectivity index (χ0n) is 19.2. The fourth-order valence-corrected chi connectivity index (χ4v) is 5.95. The van der Waals surface area contributed by atoms with Gasteiger partial charge in [-0.25, -0.2) is 8.42 Å². The van der Waals surface area contributed by atoms with Crippen molar-refractivity contribution in [2.75, 3.05) is 23.9 Å². The van der Waals surface area contributed by atoms with E-state index in [1.807, 2.05) is 12.1 Å². The lowest BCUT2D eigenvalue weighted by atomic mass is 10.1. The lowest BCUT2D eigenvalue weighted by Crippen LogP contribution is -2.40. The van der Waals surface area contributed by atoms with Crippen molar-refractivity contribution in [2.24, 2.45) is 0 Å². The molecule has 0 saturated carbocycles. The molecule has 1 heterocycles. The molecule has 1 aliphatic heterocycles. The van der Waals surface area contributed by atoms with Crippen molar-refractivity contribution >= 4 is 44.8 Å². The molecule has 6 nitrogen and oxygen atoms in total. The van der Waals surface area contributed by atoms with Crippen LogP contribution in [0.15, 0.2) is 77.7 Å². The van der Waals surface area contributed by atoms with Crippen LogP contribution in [0.25, 0.3) is 0 Å². The largest absolute Gasteiger partial charge is 0.350 e. The first-order valence-electron chi connectivity index (χ1n) is 11.4. The fourth-order valence-electron chi connectivity index (χ4n) is 4.05. The molecule has 0 unspecified atom stereocenters. The Balaban J connectivity index is 1.47. The molecule has 0 aromatic heterocycles. The molecule has 184 valence electrons. The first-order chi connectivity index (χ1) is 16.8. The molecule has 1 saturated heterocycles. The number of anilines is 1. The van der Waals surface area contributed by atoms with Crippen molar-refractivity contribution < 1.29 is 13.2 Å². The Kier molecular flexibility index (Phi) is 8.34. The summed E-state index contributed by atoms with van der Waals surface area (Å²) in [5.74, 6) is -0.457. The molecule has 0 spiro atoms. The Labute approximate surface area is 216 Å². The van der Waals surface area contributed by atoms with Gasteiger partial charge in [-0.05, 0) is 61.3 Å². The second-order valence-electron chi connectivity index (χ2n) is 8.47. The van der Waals surface area contributed by atoms with Crippen LogP contribution in [-0.2, 0) is 27.9 Å². The Hall–Kier alpha value is -2.58. The summed E-state index contributed by atoms with van der Waals surface area (Å²) in [6.45, 7) is 3.04. The summed E-state index contributed by atoms with van der Waals surface area (Å²) < 4.78 is 27.8. The number of benzene rings is 3. The van der Waals surface area contributed by atoms with Crippen LogP contribution >= 0.6 is 23.2 Å². The Morgan fingerprint density at radius 1 is 0.886 bits per heavy atom. The SMILES string of the molecule is O=C(CN(c1cccc(Cl)c1Cl)S(=O)(=O)c1ccccc1)NCc1ccc(CN2CCCC2)cc1. The number of amides is 1. The molecule has 0 aliphatic carbocycles. The monoisotopic (exact) mass is 531 g/mol. The van der Waals surface area contributed by atoms with Gasteiger partial charge >= 0.3 is 0 Å². The first-order valence-corrected chi connectivity index (χ1v) is 13.6. The average molecular weight is 532 g/mol. The van der Waals surface area contributed by atoms with Crippen molar-refractivity contribution in [3.05, 3.63) is 94.0 Å². The molecular weight excluding hydrogens is 505 g/mol. The van der Waals surface area contributed by atoms with Gasteiger partial charge in [0.1, 0.15) is 6.54 Å². The minimum atomic E-state index is -4.06. The summed E-state index contributed by atoms with van der Waals surface area (Å²) in [4.78, 5) is 15.4. The van der Waals surface area contributed by atoms with Gasteiger partial charge in [0, 0.05) is 13.1 Å². The first kappa shape index (κ1) is 25.5. The molecular formula is C26H27Cl2N3O3S. The van der Waals surface area contributed by atoms with Crippen LogP contribution in [0.1, 0.15) is 24.0 Å². The standard InChI is InChI=1S/C26H27Cl2N3O3S/c27-23-9-6-10-24(26(23)28)31(35(33,34)22-7-2-1-3-8-22)19-25(32)29-17-20-11-13-21(14-12-20)18-30-15-4-5-16-30/h1-3,6-14H,4-5,15-19H2,(H,29,32). The van der Waals surface area contributed by atoms with E-state index in [-0.39, 0.29) is 27.2 Å². The van der Waals surface area contributed by atoms with Crippen LogP contribution in [0.3, 0.4) is 0 Å². The third-order valence-electron chi connectivity index (χ3n) is 5.94. The third kappa shape index (κ3) is 6.35. The van der Waals surface area contributed by atoms with Gasteiger partial charge in [-0.3, -0.25) is 14.0 Å². The van der Waals surface area contributed by atoms with Crippen molar-refractivity contribution in [3.63, 3.8) is 0 Å². The third-order valence-corrected chi connectivity index (χ3v) is 8.52. The Morgan fingerprint density at radius 3 is 2.23 bits per heavy atom. The lowest BCUT2D eigenvalue weighted by molar-refractivity contribution is -0.119. The topological polar surface area (TPSA) is 69.7 Å². The molecule has 1 amide bonds.